The predicted molar refractivity (Wildman–Crippen MR) is 100 cm³/mol. The molecule has 0 amide bonds. The van der Waals surface area contributed by atoms with E-state index in [2.05, 4.69) is 5.10 Å². The summed E-state index contributed by atoms with van der Waals surface area (Å²) in [5.74, 6) is 0.611. The van der Waals surface area contributed by atoms with Crippen molar-refractivity contribution in [2.45, 2.75) is 19.1 Å². The number of methoxy groups -OCH3 is 1. The first-order valence-electron chi connectivity index (χ1n) is 7.97. The zero-order valence-electron chi connectivity index (χ0n) is 14.7. The number of aromatic nitrogens is 2. The SMILES string of the molecule is COc1ccc(-n2nc(C(F)(F)F)cc2-c2ccc(C(C)N)cc2)cc1.Cl. The van der Waals surface area contributed by atoms with Crippen LogP contribution >= 0.6 is 12.4 Å². The lowest BCUT2D eigenvalue weighted by Gasteiger charge is -2.10. The van der Waals surface area contributed by atoms with Crippen LogP contribution in [-0.2, 0) is 6.18 Å². The molecule has 0 fully saturated rings. The molecule has 0 saturated heterocycles. The van der Waals surface area contributed by atoms with Gasteiger partial charge in [-0.1, -0.05) is 24.3 Å². The van der Waals surface area contributed by atoms with Gasteiger partial charge in [-0.2, -0.15) is 18.3 Å². The minimum atomic E-state index is -4.53. The van der Waals surface area contributed by atoms with E-state index >= 15 is 0 Å². The van der Waals surface area contributed by atoms with Gasteiger partial charge in [-0.25, -0.2) is 4.68 Å². The van der Waals surface area contributed by atoms with Crippen LogP contribution in [-0.4, -0.2) is 16.9 Å². The summed E-state index contributed by atoms with van der Waals surface area (Å²) < 4.78 is 45.9. The Morgan fingerprint density at radius 3 is 2.11 bits per heavy atom. The summed E-state index contributed by atoms with van der Waals surface area (Å²) in [6, 6.07) is 14.7. The Morgan fingerprint density at radius 2 is 1.63 bits per heavy atom. The third-order valence-electron chi connectivity index (χ3n) is 4.05. The fraction of sp³-hybridized carbons (Fsp3) is 0.211. The summed E-state index contributed by atoms with van der Waals surface area (Å²) in [7, 11) is 1.52. The van der Waals surface area contributed by atoms with Crippen LogP contribution in [0.5, 0.6) is 5.75 Å². The van der Waals surface area contributed by atoms with Crippen LogP contribution in [0.1, 0.15) is 24.2 Å². The quantitative estimate of drug-likeness (QED) is 0.673. The van der Waals surface area contributed by atoms with Gasteiger partial charge in [0.2, 0.25) is 0 Å². The first-order chi connectivity index (χ1) is 12.3. The second-order valence-electron chi connectivity index (χ2n) is 5.93. The third kappa shape index (κ3) is 4.43. The number of rotatable bonds is 4. The van der Waals surface area contributed by atoms with E-state index in [0.29, 0.717) is 22.7 Å². The number of halogens is 4. The number of ether oxygens (including phenoxy) is 1. The summed E-state index contributed by atoms with van der Waals surface area (Å²) >= 11 is 0. The highest BCUT2D eigenvalue weighted by Gasteiger charge is 2.35. The van der Waals surface area contributed by atoms with Gasteiger partial charge in [-0.3, -0.25) is 0 Å². The van der Waals surface area contributed by atoms with Crippen molar-refractivity contribution in [3.8, 4) is 22.7 Å². The molecule has 8 heteroatoms. The molecule has 27 heavy (non-hydrogen) atoms. The van der Waals surface area contributed by atoms with E-state index in [0.717, 1.165) is 11.6 Å². The minimum absolute atomic E-state index is 0. The van der Waals surface area contributed by atoms with Crippen molar-refractivity contribution in [3.05, 3.63) is 65.9 Å². The summed E-state index contributed by atoms with van der Waals surface area (Å²) in [6.07, 6.45) is -4.53. The van der Waals surface area contributed by atoms with Crippen LogP contribution in [0.4, 0.5) is 13.2 Å². The third-order valence-corrected chi connectivity index (χ3v) is 4.05. The highest BCUT2D eigenvalue weighted by atomic mass is 35.5. The molecule has 4 nitrogen and oxygen atoms in total. The van der Waals surface area contributed by atoms with Crippen molar-refractivity contribution in [2.75, 3.05) is 7.11 Å². The summed E-state index contributed by atoms with van der Waals surface area (Å²) in [6.45, 7) is 1.85. The van der Waals surface area contributed by atoms with E-state index < -0.39 is 11.9 Å². The molecule has 144 valence electrons. The lowest BCUT2D eigenvalue weighted by atomic mass is 10.0. The van der Waals surface area contributed by atoms with E-state index in [-0.39, 0.29) is 18.4 Å². The lowest BCUT2D eigenvalue weighted by molar-refractivity contribution is -0.141. The Bertz CT molecular complexity index is 888. The van der Waals surface area contributed by atoms with Crippen LogP contribution in [0, 0.1) is 0 Å². The molecule has 0 bridgehead atoms. The normalized spacial score (nSPS) is 12.4. The number of benzene rings is 2. The maximum absolute atomic E-state index is 13.2. The minimum Gasteiger partial charge on any atom is -0.497 e. The Kier molecular flexibility index (Phi) is 6.18. The highest BCUT2D eigenvalue weighted by molar-refractivity contribution is 5.85. The fourth-order valence-electron chi connectivity index (χ4n) is 2.60. The van der Waals surface area contributed by atoms with Crippen molar-refractivity contribution in [1.29, 1.82) is 0 Å². The molecule has 1 aromatic heterocycles. The molecule has 0 aliphatic carbocycles. The van der Waals surface area contributed by atoms with E-state index in [1.165, 1.54) is 11.8 Å². The zero-order valence-corrected chi connectivity index (χ0v) is 15.5. The molecule has 0 spiro atoms. The van der Waals surface area contributed by atoms with Gasteiger partial charge in [-0.05, 0) is 42.8 Å². The molecular weight excluding hydrogens is 379 g/mol. The van der Waals surface area contributed by atoms with Gasteiger partial charge < -0.3 is 10.5 Å². The van der Waals surface area contributed by atoms with Crippen molar-refractivity contribution in [1.82, 2.24) is 9.78 Å². The maximum atomic E-state index is 13.2. The van der Waals surface area contributed by atoms with Crippen LogP contribution < -0.4 is 10.5 Å². The second kappa shape index (κ2) is 8.02. The lowest BCUT2D eigenvalue weighted by Crippen LogP contribution is -2.07. The molecule has 0 saturated carbocycles. The largest absolute Gasteiger partial charge is 0.497 e. The molecule has 1 unspecified atom stereocenters. The van der Waals surface area contributed by atoms with Gasteiger partial charge in [-0.15, -0.1) is 12.4 Å². The topological polar surface area (TPSA) is 53.1 Å². The van der Waals surface area contributed by atoms with Crippen molar-refractivity contribution in [2.24, 2.45) is 5.73 Å². The van der Waals surface area contributed by atoms with Crippen LogP contribution in [0.2, 0.25) is 0 Å². The Morgan fingerprint density at radius 1 is 1.04 bits per heavy atom. The van der Waals surface area contributed by atoms with Crippen molar-refractivity contribution >= 4 is 12.4 Å². The summed E-state index contributed by atoms with van der Waals surface area (Å²) in [5.41, 5.74) is 7.26. The average Bonchev–Trinajstić information content (AvgIpc) is 3.07. The number of hydrogen-bond acceptors (Lipinski definition) is 3. The van der Waals surface area contributed by atoms with Crippen LogP contribution in [0.3, 0.4) is 0 Å². The number of nitrogens with zero attached hydrogens (tertiary/aromatic N) is 2. The van der Waals surface area contributed by atoms with Crippen molar-refractivity contribution in [3.63, 3.8) is 0 Å². The second-order valence-corrected chi connectivity index (χ2v) is 5.93. The van der Waals surface area contributed by atoms with Crippen LogP contribution in [0.25, 0.3) is 16.9 Å². The maximum Gasteiger partial charge on any atom is 0.435 e. The molecule has 3 aromatic rings. The predicted octanol–water partition coefficient (Wildman–Crippen LogP) is 5.01. The first kappa shape index (κ1) is 20.8. The Hall–Kier alpha value is -2.51. The van der Waals surface area contributed by atoms with Gasteiger partial charge in [0.15, 0.2) is 5.69 Å². The standard InChI is InChI=1S/C19H18F3N3O.ClH/c1-12(23)13-3-5-14(6-4-13)17-11-18(19(20,21)22)24-25(17)15-7-9-16(26-2)10-8-15;/h3-12H,23H2,1-2H3;1H. The summed E-state index contributed by atoms with van der Waals surface area (Å²) in [4.78, 5) is 0. The van der Waals surface area contributed by atoms with Gasteiger partial charge in [0.1, 0.15) is 5.75 Å². The summed E-state index contributed by atoms with van der Waals surface area (Å²) in [5, 5.41) is 3.77. The van der Waals surface area contributed by atoms with Gasteiger partial charge in [0, 0.05) is 11.6 Å². The molecule has 1 atom stereocenters. The number of alkyl halides is 3. The van der Waals surface area contributed by atoms with Crippen molar-refractivity contribution < 1.29 is 17.9 Å². The van der Waals surface area contributed by atoms with Crippen LogP contribution in [0.15, 0.2) is 54.6 Å². The van der Waals surface area contributed by atoms with E-state index in [4.69, 9.17) is 10.5 Å². The van der Waals surface area contributed by atoms with E-state index in [1.54, 1.807) is 48.5 Å². The Balaban J connectivity index is 0.00000261. The van der Waals surface area contributed by atoms with Gasteiger partial charge in [0.05, 0.1) is 18.5 Å². The molecule has 2 N–H and O–H groups in total. The van der Waals surface area contributed by atoms with E-state index in [1.807, 2.05) is 6.92 Å². The van der Waals surface area contributed by atoms with E-state index in [9.17, 15) is 13.2 Å². The highest BCUT2D eigenvalue weighted by Crippen LogP contribution is 2.33. The fourth-order valence-corrected chi connectivity index (χ4v) is 2.60. The van der Waals surface area contributed by atoms with Gasteiger partial charge in [0.25, 0.3) is 0 Å². The molecule has 3 rings (SSSR count). The van der Waals surface area contributed by atoms with Gasteiger partial charge >= 0.3 is 6.18 Å². The molecular formula is C19H19ClF3N3O. The first-order valence-corrected chi connectivity index (χ1v) is 7.97. The molecule has 0 radical (unpaired) electrons. The molecule has 2 aromatic carbocycles. The number of hydrogen-bond donors (Lipinski definition) is 1. The smallest absolute Gasteiger partial charge is 0.435 e. The monoisotopic (exact) mass is 397 g/mol. The zero-order chi connectivity index (χ0) is 18.9. The average molecular weight is 398 g/mol. The molecule has 0 aliphatic rings. The Labute approximate surface area is 161 Å². The molecule has 0 aliphatic heterocycles. The number of nitrogens with two attached hydrogens (primary N) is 1. The molecule has 1 heterocycles.